The molecule has 0 aliphatic carbocycles. The van der Waals surface area contributed by atoms with Crippen molar-refractivity contribution in [3.8, 4) is 16.8 Å². The summed E-state index contributed by atoms with van der Waals surface area (Å²) >= 11 is 0. The lowest BCUT2D eigenvalue weighted by Gasteiger charge is -2.32. The molecule has 9 nitrogen and oxygen atoms in total. The molecule has 4 aromatic rings. The largest absolute Gasteiger partial charge is 0.476 e. The van der Waals surface area contributed by atoms with Crippen molar-refractivity contribution in [3.63, 3.8) is 0 Å². The average molecular weight is 445 g/mol. The number of hydrogen-bond acceptors (Lipinski definition) is 6. The molecule has 1 aliphatic heterocycles. The molecule has 0 saturated carbocycles. The van der Waals surface area contributed by atoms with Crippen LogP contribution in [0.15, 0.2) is 73.5 Å². The Morgan fingerprint density at radius 1 is 1.09 bits per heavy atom. The Labute approximate surface area is 188 Å². The van der Waals surface area contributed by atoms with Gasteiger partial charge in [0.05, 0.1) is 31.4 Å². The standard InChI is InChI=1S/C23H20FN7O2/c1-16-3-8-20(31-25-9-10-26-31)22(28-16)23(32)30-11-2-12-33-21(30)15-29-14-18(13-27-29)17-4-6-19(24)7-5-17/h2-10,12-14,21H,11,15H2,1H3. The van der Waals surface area contributed by atoms with Gasteiger partial charge < -0.3 is 4.74 Å². The zero-order valence-corrected chi connectivity index (χ0v) is 17.7. The Hall–Kier alpha value is -4.34. The molecule has 0 radical (unpaired) electrons. The van der Waals surface area contributed by atoms with Gasteiger partial charge in [0.15, 0.2) is 11.9 Å². The number of carbonyl (C=O) groups is 1. The molecule has 0 fully saturated rings. The minimum Gasteiger partial charge on any atom is -0.476 e. The molecule has 1 aromatic carbocycles. The van der Waals surface area contributed by atoms with Gasteiger partial charge in [0.2, 0.25) is 0 Å². The van der Waals surface area contributed by atoms with Crippen molar-refractivity contribution in [3.05, 3.63) is 90.7 Å². The van der Waals surface area contributed by atoms with E-state index in [4.69, 9.17) is 4.74 Å². The van der Waals surface area contributed by atoms with Crippen LogP contribution >= 0.6 is 0 Å². The maximum atomic E-state index is 13.5. The molecule has 3 aromatic heterocycles. The maximum absolute atomic E-state index is 13.5. The third-order valence-corrected chi connectivity index (χ3v) is 5.25. The normalized spacial score (nSPS) is 15.5. The topological polar surface area (TPSA) is 91.0 Å². The third-order valence-electron chi connectivity index (χ3n) is 5.25. The highest BCUT2D eigenvalue weighted by molar-refractivity contribution is 5.96. The van der Waals surface area contributed by atoms with E-state index in [1.807, 2.05) is 13.1 Å². The minimum absolute atomic E-state index is 0.238. The second-order valence-corrected chi connectivity index (χ2v) is 7.52. The molecule has 1 unspecified atom stereocenters. The number of hydrogen-bond donors (Lipinski definition) is 0. The summed E-state index contributed by atoms with van der Waals surface area (Å²) in [4.78, 5) is 21.0. The van der Waals surface area contributed by atoms with Crippen molar-refractivity contribution in [2.75, 3.05) is 6.54 Å². The van der Waals surface area contributed by atoms with Gasteiger partial charge in [-0.15, -0.1) is 4.80 Å². The Morgan fingerprint density at radius 3 is 2.67 bits per heavy atom. The highest BCUT2D eigenvalue weighted by atomic mass is 19.1. The Bertz CT molecular complexity index is 1300. The van der Waals surface area contributed by atoms with E-state index in [0.29, 0.717) is 24.5 Å². The van der Waals surface area contributed by atoms with Crippen molar-refractivity contribution in [2.24, 2.45) is 0 Å². The van der Waals surface area contributed by atoms with Gasteiger partial charge in [-0.05, 0) is 42.8 Å². The van der Waals surface area contributed by atoms with Crippen LogP contribution in [0.4, 0.5) is 4.39 Å². The fraction of sp³-hybridized carbons (Fsp3) is 0.174. The van der Waals surface area contributed by atoms with Crippen molar-refractivity contribution in [2.45, 2.75) is 19.7 Å². The van der Waals surface area contributed by atoms with Crippen LogP contribution in [0.5, 0.6) is 0 Å². The quantitative estimate of drug-likeness (QED) is 0.469. The SMILES string of the molecule is Cc1ccc(-n2nccn2)c(C(=O)N2CC=COC2Cn2cc(-c3ccc(F)cc3)cn2)n1. The third kappa shape index (κ3) is 4.22. The van der Waals surface area contributed by atoms with Gasteiger partial charge in [-0.3, -0.25) is 14.4 Å². The van der Waals surface area contributed by atoms with Gasteiger partial charge >= 0.3 is 0 Å². The van der Waals surface area contributed by atoms with E-state index in [-0.39, 0.29) is 17.4 Å². The smallest absolute Gasteiger partial charge is 0.277 e. The summed E-state index contributed by atoms with van der Waals surface area (Å²) in [6.45, 7) is 2.48. The van der Waals surface area contributed by atoms with Gasteiger partial charge in [0.25, 0.3) is 5.91 Å². The van der Waals surface area contributed by atoms with E-state index in [9.17, 15) is 9.18 Å². The van der Waals surface area contributed by atoms with E-state index in [2.05, 4.69) is 20.3 Å². The summed E-state index contributed by atoms with van der Waals surface area (Å²) in [5.41, 5.74) is 3.12. The molecule has 1 aliphatic rings. The first kappa shape index (κ1) is 20.6. The lowest BCUT2D eigenvalue weighted by molar-refractivity contribution is -0.0178. The summed E-state index contributed by atoms with van der Waals surface area (Å²) in [7, 11) is 0. The molecule has 33 heavy (non-hydrogen) atoms. The van der Waals surface area contributed by atoms with Crippen LogP contribution in [0, 0.1) is 12.7 Å². The van der Waals surface area contributed by atoms with Crippen molar-refractivity contribution in [1.82, 2.24) is 34.7 Å². The number of amides is 1. The number of pyridine rings is 1. The summed E-state index contributed by atoms with van der Waals surface area (Å²) in [6.07, 6.45) is 9.37. The lowest BCUT2D eigenvalue weighted by Crippen LogP contribution is -2.46. The van der Waals surface area contributed by atoms with Crippen molar-refractivity contribution in [1.29, 1.82) is 0 Å². The molecule has 10 heteroatoms. The van der Waals surface area contributed by atoms with E-state index in [1.54, 1.807) is 64.8 Å². The Balaban J connectivity index is 1.40. The second kappa shape index (κ2) is 8.65. The zero-order chi connectivity index (χ0) is 22.8. The average Bonchev–Trinajstić information content (AvgIpc) is 3.52. The van der Waals surface area contributed by atoms with Gasteiger partial charge in [-0.1, -0.05) is 12.1 Å². The minimum atomic E-state index is -0.593. The molecule has 1 atom stereocenters. The number of aromatic nitrogens is 6. The monoisotopic (exact) mass is 445 g/mol. The fourth-order valence-corrected chi connectivity index (χ4v) is 3.61. The number of aryl methyl sites for hydroxylation is 1. The van der Waals surface area contributed by atoms with Crippen LogP contribution in [0.2, 0.25) is 0 Å². The van der Waals surface area contributed by atoms with Crippen LogP contribution < -0.4 is 0 Å². The van der Waals surface area contributed by atoms with Crippen molar-refractivity contribution < 1.29 is 13.9 Å². The predicted molar refractivity (Wildman–Crippen MR) is 117 cm³/mol. The predicted octanol–water partition coefficient (Wildman–Crippen LogP) is 2.99. The molecule has 0 bridgehead atoms. The fourth-order valence-electron chi connectivity index (χ4n) is 3.61. The number of rotatable bonds is 5. The zero-order valence-electron chi connectivity index (χ0n) is 17.7. The van der Waals surface area contributed by atoms with E-state index >= 15 is 0 Å². The summed E-state index contributed by atoms with van der Waals surface area (Å²) in [6, 6.07) is 9.78. The number of carbonyl (C=O) groups excluding carboxylic acids is 1. The van der Waals surface area contributed by atoms with Crippen LogP contribution in [-0.4, -0.2) is 53.3 Å². The number of halogens is 1. The van der Waals surface area contributed by atoms with Crippen molar-refractivity contribution >= 4 is 5.91 Å². The molecular weight excluding hydrogens is 425 g/mol. The molecule has 4 heterocycles. The molecule has 0 N–H and O–H groups in total. The number of ether oxygens (including phenoxy) is 1. The van der Waals surface area contributed by atoms with Crippen LogP contribution in [-0.2, 0) is 11.3 Å². The Morgan fingerprint density at radius 2 is 1.88 bits per heavy atom. The van der Waals surface area contributed by atoms with E-state index in [0.717, 1.165) is 11.1 Å². The highest BCUT2D eigenvalue weighted by Gasteiger charge is 2.30. The van der Waals surface area contributed by atoms with Crippen LogP contribution in [0.25, 0.3) is 16.8 Å². The molecular formula is C23H20FN7O2. The van der Waals surface area contributed by atoms with E-state index < -0.39 is 6.23 Å². The first-order valence-electron chi connectivity index (χ1n) is 10.3. The molecule has 0 spiro atoms. The second-order valence-electron chi connectivity index (χ2n) is 7.52. The lowest BCUT2D eigenvalue weighted by atomic mass is 10.1. The molecule has 166 valence electrons. The van der Waals surface area contributed by atoms with Gasteiger partial charge in [-0.2, -0.15) is 15.3 Å². The van der Waals surface area contributed by atoms with Crippen LogP contribution in [0.3, 0.4) is 0 Å². The molecule has 1 amide bonds. The first-order valence-corrected chi connectivity index (χ1v) is 10.3. The van der Waals surface area contributed by atoms with Gasteiger partial charge in [0.1, 0.15) is 11.5 Å². The summed E-state index contributed by atoms with van der Waals surface area (Å²) in [5.74, 6) is -0.594. The number of nitrogens with zero attached hydrogens (tertiary/aromatic N) is 7. The van der Waals surface area contributed by atoms with Gasteiger partial charge in [0, 0.05) is 24.0 Å². The molecule has 5 rings (SSSR count). The molecule has 0 saturated heterocycles. The maximum Gasteiger partial charge on any atom is 0.277 e. The summed E-state index contributed by atoms with van der Waals surface area (Å²) < 4.78 is 20.7. The highest BCUT2D eigenvalue weighted by Crippen LogP contribution is 2.21. The van der Waals surface area contributed by atoms with Crippen LogP contribution in [0.1, 0.15) is 16.2 Å². The Kier molecular flexibility index (Phi) is 5.39. The number of benzene rings is 1. The van der Waals surface area contributed by atoms with E-state index in [1.165, 1.54) is 16.9 Å². The van der Waals surface area contributed by atoms with Gasteiger partial charge in [-0.25, -0.2) is 9.37 Å². The summed E-state index contributed by atoms with van der Waals surface area (Å²) in [5, 5.41) is 12.7. The first-order chi connectivity index (χ1) is 16.1.